The zero-order valence-corrected chi connectivity index (χ0v) is 19.0. The average Bonchev–Trinajstić information content (AvgIpc) is 2.80. The van der Waals surface area contributed by atoms with E-state index < -0.39 is 29.2 Å². The highest BCUT2D eigenvalue weighted by molar-refractivity contribution is 5.80. The van der Waals surface area contributed by atoms with Gasteiger partial charge in [0.1, 0.15) is 34.7 Å². The number of carboxylic acid groups (broad SMARTS) is 1. The first-order valence-corrected chi connectivity index (χ1v) is 11.6. The van der Waals surface area contributed by atoms with Crippen molar-refractivity contribution in [1.82, 2.24) is 9.97 Å². The largest absolute Gasteiger partial charge is 0.481 e. The van der Waals surface area contributed by atoms with Crippen molar-refractivity contribution in [2.75, 3.05) is 18.0 Å². The van der Waals surface area contributed by atoms with Gasteiger partial charge >= 0.3 is 5.97 Å². The minimum Gasteiger partial charge on any atom is -0.481 e. The number of halogens is 4. The van der Waals surface area contributed by atoms with Gasteiger partial charge in [-0.15, -0.1) is 0 Å². The summed E-state index contributed by atoms with van der Waals surface area (Å²) in [5, 5.41) is 8.76. The van der Waals surface area contributed by atoms with E-state index in [0.717, 1.165) is 49.9 Å². The van der Waals surface area contributed by atoms with Gasteiger partial charge in [-0.2, -0.15) is 0 Å². The Kier molecular flexibility index (Phi) is 7.63. The molecule has 0 saturated carbocycles. The number of aliphatic carboxylic acids is 1. The topological polar surface area (TPSA) is 66.3 Å². The Balaban J connectivity index is 1.69. The van der Waals surface area contributed by atoms with Gasteiger partial charge in [-0.3, -0.25) is 4.79 Å². The van der Waals surface area contributed by atoms with Gasteiger partial charge in [-0.1, -0.05) is 12.8 Å². The molecule has 5 nitrogen and oxygen atoms in total. The van der Waals surface area contributed by atoms with Crippen LogP contribution in [0.4, 0.5) is 23.4 Å². The van der Waals surface area contributed by atoms with Crippen molar-refractivity contribution in [3.63, 3.8) is 0 Å². The van der Waals surface area contributed by atoms with Gasteiger partial charge in [-0.25, -0.2) is 27.5 Å². The summed E-state index contributed by atoms with van der Waals surface area (Å²) in [5.41, 5.74) is 0.713. The number of carboxylic acids is 1. The highest BCUT2D eigenvalue weighted by Crippen LogP contribution is 2.37. The van der Waals surface area contributed by atoms with Crippen LogP contribution in [0.1, 0.15) is 44.2 Å². The van der Waals surface area contributed by atoms with Gasteiger partial charge in [0.25, 0.3) is 0 Å². The molecule has 1 N–H and O–H groups in total. The first-order chi connectivity index (χ1) is 16.8. The molecule has 184 valence electrons. The van der Waals surface area contributed by atoms with E-state index in [1.807, 2.05) is 4.90 Å². The van der Waals surface area contributed by atoms with Gasteiger partial charge in [0.2, 0.25) is 0 Å². The fraction of sp³-hybridized carbons (Fsp3) is 0.346. The van der Waals surface area contributed by atoms with Crippen LogP contribution in [-0.2, 0) is 11.2 Å². The quantitative estimate of drug-likeness (QED) is 0.290. The highest BCUT2D eigenvalue weighted by Gasteiger charge is 2.26. The van der Waals surface area contributed by atoms with E-state index in [1.54, 1.807) is 0 Å². The van der Waals surface area contributed by atoms with Gasteiger partial charge in [-0.05, 0) is 49.9 Å². The summed E-state index contributed by atoms with van der Waals surface area (Å²) in [4.78, 5) is 22.0. The van der Waals surface area contributed by atoms with Gasteiger partial charge in [0, 0.05) is 42.8 Å². The molecule has 0 radical (unpaired) electrons. The van der Waals surface area contributed by atoms with Gasteiger partial charge in [0.05, 0.1) is 5.69 Å². The summed E-state index contributed by atoms with van der Waals surface area (Å²) in [6, 6.07) is 6.14. The van der Waals surface area contributed by atoms with Crippen LogP contribution in [0.3, 0.4) is 0 Å². The lowest BCUT2D eigenvalue weighted by molar-refractivity contribution is -0.137. The molecule has 0 aliphatic carbocycles. The molecule has 0 saturated heterocycles. The normalized spacial score (nSPS) is 13.1. The van der Waals surface area contributed by atoms with E-state index in [9.17, 15) is 22.4 Å². The molecule has 0 amide bonds. The van der Waals surface area contributed by atoms with Crippen LogP contribution >= 0.6 is 0 Å². The molecule has 3 aromatic rings. The molecule has 1 aliphatic heterocycles. The number of fused-ring (bicyclic) bond motifs is 1. The van der Waals surface area contributed by atoms with Crippen LogP contribution in [0.25, 0.3) is 22.5 Å². The van der Waals surface area contributed by atoms with Crippen molar-refractivity contribution in [2.24, 2.45) is 0 Å². The van der Waals surface area contributed by atoms with Crippen LogP contribution < -0.4 is 4.90 Å². The number of rotatable bonds is 9. The molecule has 0 spiro atoms. The molecule has 1 aliphatic rings. The SMILES string of the molecule is O=C(O)CCCCCCN1CCCc2nc(-c3ccc(F)cc3F)c(-c3ccc(F)cc3F)nc21. The Bertz CT molecular complexity index is 1240. The number of aromatic nitrogens is 2. The molecular formula is C26H25F4N3O2. The second-order valence-corrected chi connectivity index (χ2v) is 8.59. The fourth-order valence-corrected chi connectivity index (χ4v) is 4.31. The van der Waals surface area contributed by atoms with E-state index in [-0.39, 0.29) is 28.9 Å². The molecule has 0 atom stereocenters. The zero-order chi connectivity index (χ0) is 24.9. The monoisotopic (exact) mass is 487 g/mol. The number of nitrogens with zero attached hydrogens (tertiary/aromatic N) is 3. The third-order valence-corrected chi connectivity index (χ3v) is 6.03. The number of hydrogen-bond acceptors (Lipinski definition) is 4. The van der Waals surface area contributed by atoms with Crippen LogP contribution in [0, 0.1) is 23.3 Å². The van der Waals surface area contributed by atoms with Crippen LogP contribution in [-0.4, -0.2) is 34.1 Å². The van der Waals surface area contributed by atoms with Crippen molar-refractivity contribution in [2.45, 2.75) is 44.9 Å². The molecular weight excluding hydrogens is 462 g/mol. The van der Waals surface area contributed by atoms with Crippen molar-refractivity contribution in [3.05, 3.63) is 65.4 Å². The molecule has 0 bridgehead atoms. The zero-order valence-electron chi connectivity index (χ0n) is 19.0. The number of benzene rings is 2. The van der Waals surface area contributed by atoms with Gasteiger partial charge in [0.15, 0.2) is 5.82 Å². The molecule has 9 heteroatoms. The fourth-order valence-electron chi connectivity index (χ4n) is 4.31. The van der Waals surface area contributed by atoms with E-state index >= 15 is 0 Å². The maximum Gasteiger partial charge on any atom is 0.303 e. The lowest BCUT2D eigenvalue weighted by atomic mass is 10.0. The van der Waals surface area contributed by atoms with E-state index in [1.165, 1.54) is 12.1 Å². The Hall–Kier alpha value is -3.49. The van der Waals surface area contributed by atoms with E-state index in [2.05, 4.69) is 4.98 Å². The first-order valence-electron chi connectivity index (χ1n) is 11.6. The maximum absolute atomic E-state index is 14.8. The van der Waals surface area contributed by atoms with Crippen molar-refractivity contribution in [3.8, 4) is 22.5 Å². The molecule has 2 heterocycles. The first kappa shape index (κ1) is 24.6. The van der Waals surface area contributed by atoms with Crippen molar-refractivity contribution < 1.29 is 27.5 Å². The highest BCUT2D eigenvalue weighted by atomic mass is 19.1. The van der Waals surface area contributed by atoms with Crippen molar-refractivity contribution >= 4 is 11.8 Å². The minimum atomic E-state index is -0.858. The third kappa shape index (κ3) is 5.78. The summed E-state index contributed by atoms with van der Waals surface area (Å²) in [7, 11) is 0. The lowest BCUT2D eigenvalue weighted by Gasteiger charge is -2.30. The molecule has 4 rings (SSSR count). The number of unbranched alkanes of at least 4 members (excludes halogenated alkanes) is 3. The predicted molar refractivity (Wildman–Crippen MR) is 124 cm³/mol. The lowest BCUT2D eigenvalue weighted by Crippen LogP contribution is -2.32. The number of hydrogen-bond donors (Lipinski definition) is 1. The Labute approximate surface area is 200 Å². The molecule has 35 heavy (non-hydrogen) atoms. The Morgan fingerprint density at radius 2 is 1.46 bits per heavy atom. The summed E-state index contributed by atoms with van der Waals surface area (Å²) in [5.74, 6) is -3.45. The van der Waals surface area contributed by atoms with Crippen LogP contribution in [0.5, 0.6) is 0 Å². The van der Waals surface area contributed by atoms with Crippen LogP contribution in [0.15, 0.2) is 36.4 Å². The number of aryl methyl sites for hydroxylation is 1. The summed E-state index contributed by atoms with van der Waals surface area (Å²) >= 11 is 0. The third-order valence-electron chi connectivity index (χ3n) is 6.03. The van der Waals surface area contributed by atoms with E-state index in [4.69, 9.17) is 10.1 Å². The Morgan fingerprint density at radius 3 is 2.06 bits per heavy atom. The minimum absolute atomic E-state index is 0.0176. The smallest absolute Gasteiger partial charge is 0.303 e. The predicted octanol–water partition coefficient (Wildman–Crippen LogP) is 6.15. The summed E-state index contributed by atoms with van der Waals surface area (Å²) < 4.78 is 56.6. The average molecular weight is 487 g/mol. The van der Waals surface area contributed by atoms with Crippen LogP contribution in [0.2, 0.25) is 0 Å². The number of carbonyl (C=O) groups is 1. The standard InChI is InChI=1S/C26H25F4N3O2/c27-16-8-10-18(20(29)14-16)24-25(19-11-9-17(28)15-21(19)30)32-26-22(31-24)6-5-13-33(26)12-4-2-1-3-7-23(34)35/h8-11,14-15H,1-7,12-13H2,(H,34,35). The molecule has 0 unspecified atom stereocenters. The Morgan fingerprint density at radius 1 is 0.857 bits per heavy atom. The second-order valence-electron chi connectivity index (χ2n) is 8.59. The summed E-state index contributed by atoms with van der Waals surface area (Å²) in [6.45, 7) is 1.37. The summed E-state index contributed by atoms with van der Waals surface area (Å²) in [6.07, 6.45) is 4.63. The van der Waals surface area contributed by atoms with E-state index in [0.29, 0.717) is 37.4 Å². The molecule has 2 aromatic carbocycles. The maximum atomic E-state index is 14.8. The molecule has 0 fully saturated rings. The van der Waals surface area contributed by atoms with Crippen molar-refractivity contribution in [1.29, 1.82) is 0 Å². The number of anilines is 1. The second kappa shape index (κ2) is 10.8. The van der Waals surface area contributed by atoms with Gasteiger partial charge < -0.3 is 10.0 Å². The molecule has 1 aromatic heterocycles.